The van der Waals surface area contributed by atoms with Gasteiger partial charge in [-0.05, 0) is 64.0 Å². The van der Waals surface area contributed by atoms with Crippen molar-refractivity contribution in [1.29, 1.82) is 0 Å². The molecule has 1 unspecified atom stereocenters. The molecular weight excluding hydrogens is 359 g/mol. The topological polar surface area (TPSA) is 99.0 Å². The van der Waals surface area contributed by atoms with Crippen LogP contribution in [0.2, 0.25) is 0 Å². The predicted octanol–water partition coefficient (Wildman–Crippen LogP) is 5.69. The Morgan fingerprint density at radius 3 is 2.04 bits per heavy atom. The normalized spacial score (nSPS) is 11.5. The summed E-state index contributed by atoms with van der Waals surface area (Å²) >= 11 is 0. The fourth-order valence-electron chi connectivity index (χ4n) is 1.95. The fourth-order valence-corrected chi connectivity index (χ4v) is 1.95. The van der Waals surface area contributed by atoms with Gasteiger partial charge >= 0.3 is 0 Å². The second-order valence-electron chi connectivity index (χ2n) is 7.09. The highest BCUT2D eigenvalue weighted by molar-refractivity contribution is 4.87. The summed E-state index contributed by atoms with van der Waals surface area (Å²) in [6.45, 7) is 23.1. The summed E-state index contributed by atoms with van der Waals surface area (Å²) in [7, 11) is 0. The molecule has 182 valence electrons. The number of aliphatic hydroxyl groups is 1. The van der Waals surface area contributed by atoms with Crippen molar-refractivity contribution in [2.24, 2.45) is 11.7 Å². The average molecular weight is 419 g/mol. The molecule has 0 radical (unpaired) electrons. The number of hydrogen-bond acceptors (Lipinski definition) is 4. The summed E-state index contributed by atoms with van der Waals surface area (Å²) in [5, 5.41) is 13.2. The first-order valence-electron chi connectivity index (χ1n) is 10.3. The van der Waals surface area contributed by atoms with Crippen LogP contribution in [0.1, 0.15) is 92.7 Å². The van der Waals surface area contributed by atoms with Gasteiger partial charge < -0.3 is 21.1 Å². The first kappa shape index (κ1) is 37.8. The zero-order chi connectivity index (χ0) is 21.0. The van der Waals surface area contributed by atoms with Crippen LogP contribution in [0.25, 0.3) is 0 Å². The Balaban J connectivity index is -0.0000000566. The fraction of sp³-hybridized carbons (Fsp3) is 0.818. The molecule has 6 heteroatoms. The summed E-state index contributed by atoms with van der Waals surface area (Å²) in [6.07, 6.45) is 5.66. The van der Waals surface area contributed by atoms with Crippen molar-refractivity contribution >= 4 is 0 Å². The monoisotopic (exact) mass is 418 g/mol. The van der Waals surface area contributed by atoms with Gasteiger partial charge in [0.1, 0.15) is 6.23 Å². The van der Waals surface area contributed by atoms with Gasteiger partial charge in [0, 0.05) is 18.4 Å². The van der Waals surface area contributed by atoms with E-state index in [1.165, 1.54) is 5.57 Å². The van der Waals surface area contributed by atoms with Gasteiger partial charge in [-0.15, -0.1) is 6.58 Å². The van der Waals surface area contributed by atoms with Gasteiger partial charge in [0.15, 0.2) is 0 Å². The number of halogens is 1. The molecule has 0 fully saturated rings. The minimum absolute atomic E-state index is 0. The maximum Gasteiger partial charge on any atom is 0.105 e. The second-order valence-corrected chi connectivity index (χ2v) is 7.09. The molecule has 0 aromatic rings. The minimum Gasteiger partial charge on any atom is -0.412 e. The van der Waals surface area contributed by atoms with Gasteiger partial charge in [-0.2, -0.15) is 0 Å². The van der Waals surface area contributed by atoms with Crippen LogP contribution < -0.4 is 11.1 Å². The molecule has 0 aliphatic heterocycles. The number of nitrogens with one attached hydrogen (secondary N) is 1. The number of aliphatic hydroxyl groups excluding tert-OH is 1. The molecule has 0 saturated carbocycles. The molecule has 0 bridgehead atoms. The molecule has 0 spiro atoms. The summed E-state index contributed by atoms with van der Waals surface area (Å²) < 4.78 is 5.67. The van der Waals surface area contributed by atoms with Gasteiger partial charge in [-0.1, -0.05) is 46.8 Å². The van der Waals surface area contributed by atoms with E-state index < -0.39 is 6.23 Å². The van der Waals surface area contributed by atoms with Crippen molar-refractivity contribution < 1.29 is 25.7 Å². The van der Waals surface area contributed by atoms with E-state index in [9.17, 15) is 5.11 Å². The number of hydrogen-bond donors (Lipinski definition) is 3. The Morgan fingerprint density at radius 2 is 1.64 bits per heavy atom. The van der Waals surface area contributed by atoms with Crippen molar-refractivity contribution in [1.82, 2.24) is 5.32 Å². The molecule has 0 aromatic carbocycles. The molecule has 0 aliphatic carbocycles. The van der Waals surface area contributed by atoms with Crippen molar-refractivity contribution in [3.8, 4) is 0 Å². The maximum atomic E-state index is 9.97. The predicted molar refractivity (Wildman–Crippen MR) is 132 cm³/mol. The second kappa shape index (κ2) is 28.3. The van der Waals surface area contributed by atoms with E-state index in [0.717, 1.165) is 45.1 Å². The van der Waals surface area contributed by atoms with E-state index in [0.29, 0.717) is 18.2 Å². The highest BCUT2D eigenvalue weighted by atomic mass is 19.0. The third-order valence-corrected chi connectivity index (χ3v) is 3.41. The Labute approximate surface area is 180 Å². The van der Waals surface area contributed by atoms with Gasteiger partial charge in [0.05, 0.1) is 6.61 Å². The maximum absolute atomic E-state index is 9.97. The van der Waals surface area contributed by atoms with E-state index >= 15 is 0 Å². The van der Waals surface area contributed by atoms with Crippen molar-refractivity contribution in [2.75, 3.05) is 13.2 Å². The van der Waals surface area contributed by atoms with E-state index in [2.05, 4.69) is 46.2 Å². The lowest BCUT2D eigenvalue weighted by Gasteiger charge is -2.21. The Morgan fingerprint density at radius 1 is 1.14 bits per heavy atom. The van der Waals surface area contributed by atoms with E-state index in [-0.39, 0.29) is 21.9 Å². The Hall–Kier alpha value is -0.950. The van der Waals surface area contributed by atoms with E-state index in [4.69, 9.17) is 10.5 Å². The lowest BCUT2D eigenvalue weighted by Crippen LogP contribution is -2.40. The van der Waals surface area contributed by atoms with Crippen LogP contribution in [0, 0.1) is 5.92 Å². The van der Waals surface area contributed by atoms with Gasteiger partial charge in [0.2, 0.25) is 0 Å². The number of unbranched alkanes of at least 4 members (excludes halogenated alkanes) is 1. The van der Waals surface area contributed by atoms with Crippen molar-refractivity contribution in [3.63, 3.8) is 0 Å². The van der Waals surface area contributed by atoms with Crippen molar-refractivity contribution in [3.05, 3.63) is 24.4 Å². The highest BCUT2D eigenvalue weighted by Gasteiger charge is 2.11. The molecule has 0 amide bonds. The Bertz CT molecular complexity index is 340. The molecular formula is C22H59FN2O3. The third kappa shape index (κ3) is 39.9. The molecule has 0 saturated heterocycles. The van der Waals surface area contributed by atoms with Crippen molar-refractivity contribution in [2.45, 2.75) is 99.3 Å². The molecule has 0 heterocycles. The van der Waals surface area contributed by atoms with Crippen LogP contribution in [-0.2, 0) is 4.74 Å². The zero-order valence-corrected chi connectivity index (χ0v) is 19.6. The largest absolute Gasteiger partial charge is 0.412 e. The zero-order valence-electron chi connectivity index (χ0n) is 19.6. The number of allylic oxidation sites excluding steroid dienone is 2. The molecule has 28 heavy (non-hydrogen) atoms. The summed E-state index contributed by atoms with van der Waals surface area (Å²) in [6, 6.07) is 0.248. The molecule has 6 N–H and O–H groups in total. The van der Waals surface area contributed by atoms with Crippen LogP contribution in [-0.4, -0.2) is 36.1 Å². The molecule has 0 aliphatic rings. The number of rotatable bonds is 13. The van der Waals surface area contributed by atoms with Gasteiger partial charge in [-0.25, -0.2) is 0 Å². The lowest BCUT2D eigenvalue weighted by molar-refractivity contribution is 0.0598. The van der Waals surface area contributed by atoms with Crippen LogP contribution in [0.3, 0.4) is 0 Å². The van der Waals surface area contributed by atoms with Crippen LogP contribution in [0.15, 0.2) is 24.4 Å². The van der Waals surface area contributed by atoms with Gasteiger partial charge in [-0.3, -0.25) is 10.0 Å². The van der Waals surface area contributed by atoms with E-state index in [1.807, 2.05) is 13.8 Å². The van der Waals surface area contributed by atoms with Crippen LogP contribution in [0.5, 0.6) is 0 Å². The number of ether oxygens (including phenoxy) is 1. The highest BCUT2D eigenvalue weighted by Crippen LogP contribution is 2.08. The van der Waals surface area contributed by atoms with Crippen LogP contribution in [0.4, 0.5) is 4.70 Å². The summed E-state index contributed by atoms with van der Waals surface area (Å²) in [4.78, 5) is 0. The molecule has 5 nitrogen and oxygen atoms in total. The average Bonchev–Trinajstić information content (AvgIpc) is 2.55. The van der Waals surface area contributed by atoms with E-state index in [1.54, 1.807) is 6.92 Å². The first-order chi connectivity index (χ1) is 12.2. The minimum atomic E-state index is -0.418. The quantitative estimate of drug-likeness (QED) is 0.203. The standard InChI is InChI=1S/C17H35NO2.C3H7N.C2H6.FH.H2O.4H2/c1-6-16(13-20-12-11-15(4)5)18-17(19)10-8-7-9-14(2)3;1-3(2)4;1-2;;;;;;/h15-19H,2,6-13H2,1,3-5H3;1,4H2,2H3;1-2H3;1H;1H2;4*1H/t16-,17?;;;;;;;;/m0......../s1. The van der Waals surface area contributed by atoms with Crippen LogP contribution >= 0.6 is 0 Å². The Kier molecular flexibility index (Phi) is 38.1. The number of nitrogens with two attached hydrogens (primary N) is 1. The first-order valence-corrected chi connectivity index (χ1v) is 10.3. The molecule has 0 rings (SSSR count). The third-order valence-electron chi connectivity index (χ3n) is 3.41. The summed E-state index contributed by atoms with van der Waals surface area (Å²) in [5.41, 5.74) is 6.80. The SMILES string of the molecule is C=C(C)CCCCC(O)N[C@@H](CC)COCCC(C)C.C=C(C)N.CC.F.O.[HH].[HH].[HH].[HH]. The lowest BCUT2D eigenvalue weighted by atomic mass is 10.1. The van der Waals surface area contributed by atoms with Gasteiger partial charge in [0.25, 0.3) is 0 Å². The summed E-state index contributed by atoms with van der Waals surface area (Å²) in [5.74, 6) is 0.682. The smallest absolute Gasteiger partial charge is 0.105 e. The molecule has 2 atom stereocenters. The molecule has 0 aromatic heterocycles.